The zero-order valence-corrected chi connectivity index (χ0v) is 19.0. The summed E-state index contributed by atoms with van der Waals surface area (Å²) in [7, 11) is 1.60. The number of ether oxygens (including phenoxy) is 1. The predicted octanol–water partition coefficient (Wildman–Crippen LogP) is 2.93. The van der Waals surface area contributed by atoms with Crippen molar-refractivity contribution in [2.45, 2.75) is 30.7 Å². The summed E-state index contributed by atoms with van der Waals surface area (Å²) < 4.78 is 10.8. The summed E-state index contributed by atoms with van der Waals surface area (Å²) in [5.41, 5.74) is 7.98. The van der Waals surface area contributed by atoms with Crippen molar-refractivity contribution in [1.29, 1.82) is 0 Å². The van der Waals surface area contributed by atoms with Crippen LogP contribution in [0.2, 0.25) is 0 Å². The molecule has 1 fully saturated rings. The molecule has 0 saturated carbocycles. The van der Waals surface area contributed by atoms with Crippen molar-refractivity contribution in [2.75, 3.05) is 24.7 Å². The number of nitrogens with one attached hydrogen (secondary N) is 1. The van der Waals surface area contributed by atoms with Crippen molar-refractivity contribution < 1.29 is 18.7 Å². The molecule has 0 bridgehead atoms. The van der Waals surface area contributed by atoms with Gasteiger partial charge in [0.05, 0.1) is 18.9 Å². The molecule has 1 aromatic heterocycles. The van der Waals surface area contributed by atoms with Gasteiger partial charge in [0.1, 0.15) is 5.75 Å². The number of thioether (sulfide) groups is 1. The van der Waals surface area contributed by atoms with E-state index in [1.807, 2.05) is 48.5 Å². The highest BCUT2D eigenvalue weighted by atomic mass is 32.2. The van der Waals surface area contributed by atoms with E-state index in [4.69, 9.17) is 14.9 Å². The highest BCUT2D eigenvalue weighted by Crippen LogP contribution is 2.25. The van der Waals surface area contributed by atoms with Gasteiger partial charge in [-0.1, -0.05) is 23.9 Å². The number of carbonyl (C=O) groups is 2. The van der Waals surface area contributed by atoms with Crippen LogP contribution in [0.5, 0.6) is 5.75 Å². The maximum absolute atomic E-state index is 12.4. The van der Waals surface area contributed by atoms with Gasteiger partial charge in [0.25, 0.3) is 5.22 Å². The Bertz CT molecular complexity index is 1120. The first-order chi connectivity index (χ1) is 16.0. The van der Waals surface area contributed by atoms with Crippen LogP contribution in [-0.4, -0.2) is 52.4 Å². The molecule has 4 rings (SSSR count). The van der Waals surface area contributed by atoms with Crippen LogP contribution in [0, 0.1) is 0 Å². The Labute approximate surface area is 195 Å². The minimum atomic E-state index is -0.287. The quantitative estimate of drug-likeness (QED) is 0.461. The summed E-state index contributed by atoms with van der Waals surface area (Å²) in [5, 5.41) is 11.2. The van der Waals surface area contributed by atoms with Crippen LogP contribution in [-0.2, 0) is 16.1 Å². The summed E-state index contributed by atoms with van der Waals surface area (Å²) >= 11 is 1.17. The van der Waals surface area contributed by atoms with E-state index in [9.17, 15) is 9.59 Å². The van der Waals surface area contributed by atoms with Gasteiger partial charge in [0.15, 0.2) is 0 Å². The lowest BCUT2D eigenvalue weighted by Crippen LogP contribution is -2.39. The van der Waals surface area contributed by atoms with E-state index in [1.54, 1.807) is 7.11 Å². The zero-order chi connectivity index (χ0) is 23.2. The second kappa shape index (κ2) is 10.5. The lowest BCUT2D eigenvalue weighted by Gasteiger charge is -2.22. The topological polar surface area (TPSA) is 124 Å². The lowest BCUT2D eigenvalue weighted by molar-refractivity contribution is -0.122. The van der Waals surface area contributed by atoms with Gasteiger partial charge in [0.2, 0.25) is 17.7 Å². The summed E-state index contributed by atoms with van der Waals surface area (Å²) in [6.07, 6.45) is 1.75. The number of nitrogens with zero attached hydrogens (tertiary/aromatic N) is 3. The minimum absolute atomic E-state index is 0.129. The normalized spacial score (nSPS) is 16.0. The Morgan fingerprint density at radius 1 is 1.24 bits per heavy atom. The summed E-state index contributed by atoms with van der Waals surface area (Å²) in [6, 6.07) is 14.6. The third-order valence-corrected chi connectivity index (χ3v) is 6.18. The summed E-state index contributed by atoms with van der Waals surface area (Å²) in [5.74, 6) is 0.776. The fraction of sp³-hybridized carbons (Fsp3) is 0.304. The SMILES string of the molecule is COc1ccc(-c2nnc(SCC(=O)Nc3cccc(CN4CCCC4C(N)=O)c3)o2)cc1. The van der Waals surface area contributed by atoms with Crippen molar-refractivity contribution in [3.63, 3.8) is 0 Å². The fourth-order valence-corrected chi connectivity index (χ4v) is 4.33. The number of aromatic nitrogens is 2. The van der Waals surface area contributed by atoms with Crippen molar-refractivity contribution >= 4 is 29.3 Å². The number of primary amides is 1. The highest BCUT2D eigenvalue weighted by Gasteiger charge is 2.28. The number of anilines is 1. The molecule has 2 aromatic carbocycles. The third-order valence-electron chi connectivity index (χ3n) is 5.36. The average molecular weight is 468 g/mol. The van der Waals surface area contributed by atoms with E-state index in [1.165, 1.54) is 11.8 Å². The van der Waals surface area contributed by atoms with Gasteiger partial charge >= 0.3 is 0 Å². The van der Waals surface area contributed by atoms with Crippen LogP contribution >= 0.6 is 11.8 Å². The predicted molar refractivity (Wildman–Crippen MR) is 125 cm³/mol. The third kappa shape index (κ3) is 5.91. The van der Waals surface area contributed by atoms with Crippen LogP contribution in [0.4, 0.5) is 5.69 Å². The van der Waals surface area contributed by atoms with E-state index in [2.05, 4.69) is 20.4 Å². The number of nitrogens with two attached hydrogens (primary N) is 1. The summed E-state index contributed by atoms with van der Waals surface area (Å²) in [4.78, 5) is 26.1. The fourth-order valence-electron chi connectivity index (χ4n) is 3.76. The number of methoxy groups -OCH3 is 1. The lowest BCUT2D eigenvalue weighted by atomic mass is 10.1. The molecular formula is C23H25N5O4S. The number of benzene rings is 2. The van der Waals surface area contributed by atoms with Crippen molar-refractivity contribution in [3.8, 4) is 17.2 Å². The van der Waals surface area contributed by atoms with Crippen LogP contribution in [0.25, 0.3) is 11.5 Å². The van der Waals surface area contributed by atoms with E-state index < -0.39 is 0 Å². The average Bonchev–Trinajstić information content (AvgIpc) is 3.48. The van der Waals surface area contributed by atoms with Crippen LogP contribution in [0.15, 0.2) is 58.2 Å². The summed E-state index contributed by atoms with van der Waals surface area (Å²) in [6.45, 7) is 1.45. The van der Waals surface area contributed by atoms with Crippen molar-refractivity contribution in [2.24, 2.45) is 5.73 Å². The Hall–Kier alpha value is -3.37. The van der Waals surface area contributed by atoms with Crippen LogP contribution < -0.4 is 15.8 Å². The minimum Gasteiger partial charge on any atom is -0.497 e. The maximum Gasteiger partial charge on any atom is 0.277 e. The molecule has 0 aliphatic carbocycles. The molecule has 2 amide bonds. The number of rotatable bonds is 9. The zero-order valence-electron chi connectivity index (χ0n) is 18.2. The molecule has 1 saturated heterocycles. The van der Waals surface area contributed by atoms with Crippen molar-refractivity contribution in [1.82, 2.24) is 15.1 Å². The maximum atomic E-state index is 12.4. The molecule has 2 heterocycles. The number of hydrogen-bond acceptors (Lipinski definition) is 8. The first-order valence-electron chi connectivity index (χ1n) is 10.5. The second-order valence-electron chi connectivity index (χ2n) is 7.67. The van der Waals surface area contributed by atoms with Gasteiger partial charge in [-0.2, -0.15) is 0 Å². The van der Waals surface area contributed by atoms with Gasteiger partial charge in [-0.25, -0.2) is 0 Å². The molecule has 1 atom stereocenters. The standard InChI is InChI=1S/C23H25N5O4S/c1-31-18-9-7-16(8-10-18)22-26-27-23(32-22)33-14-20(29)25-17-5-2-4-15(12-17)13-28-11-3-6-19(28)21(24)30/h2,4-5,7-10,12,19H,3,6,11,13-14H2,1H3,(H2,24,30)(H,25,29). The Morgan fingerprint density at radius 2 is 2.06 bits per heavy atom. The highest BCUT2D eigenvalue weighted by molar-refractivity contribution is 7.99. The van der Waals surface area contributed by atoms with Gasteiger partial charge < -0.3 is 20.2 Å². The largest absolute Gasteiger partial charge is 0.497 e. The van der Waals surface area contributed by atoms with E-state index in [0.29, 0.717) is 23.3 Å². The first-order valence-corrected chi connectivity index (χ1v) is 11.5. The monoisotopic (exact) mass is 467 g/mol. The van der Waals surface area contributed by atoms with E-state index >= 15 is 0 Å². The Morgan fingerprint density at radius 3 is 2.82 bits per heavy atom. The second-order valence-corrected chi connectivity index (χ2v) is 8.60. The molecule has 3 N–H and O–H groups in total. The van der Waals surface area contributed by atoms with Gasteiger partial charge in [0, 0.05) is 17.8 Å². The molecule has 1 unspecified atom stereocenters. The molecule has 33 heavy (non-hydrogen) atoms. The van der Waals surface area contributed by atoms with Crippen LogP contribution in [0.3, 0.4) is 0 Å². The molecule has 0 spiro atoms. The number of carbonyl (C=O) groups excluding carboxylic acids is 2. The van der Waals surface area contributed by atoms with E-state index in [0.717, 1.165) is 36.3 Å². The molecule has 1 aliphatic heterocycles. The Kier molecular flexibility index (Phi) is 7.26. The van der Waals surface area contributed by atoms with Crippen LogP contribution in [0.1, 0.15) is 18.4 Å². The number of hydrogen-bond donors (Lipinski definition) is 2. The first kappa shape index (κ1) is 22.8. The molecule has 9 nitrogen and oxygen atoms in total. The molecule has 3 aromatic rings. The van der Waals surface area contributed by atoms with Gasteiger partial charge in [-0.05, 0) is 61.3 Å². The molecule has 172 valence electrons. The Balaban J connectivity index is 1.30. The van der Waals surface area contributed by atoms with Gasteiger partial charge in [-0.3, -0.25) is 14.5 Å². The molecule has 1 aliphatic rings. The smallest absolute Gasteiger partial charge is 0.277 e. The van der Waals surface area contributed by atoms with Crippen molar-refractivity contribution in [3.05, 3.63) is 54.1 Å². The van der Waals surface area contributed by atoms with Gasteiger partial charge in [-0.15, -0.1) is 10.2 Å². The number of likely N-dealkylation sites (tertiary alicyclic amines) is 1. The number of amides is 2. The van der Waals surface area contributed by atoms with E-state index in [-0.39, 0.29) is 23.6 Å². The molecule has 0 radical (unpaired) electrons. The molecule has 10 heteroatoms. The molecular weight excluding hydrogens is 442 g/mol.